The van der Waals surface area contributed by atoms with E-state index in [-0.39, 0.29) is 11.5 Å². The standard InChI is InChI=1S/C19H19N3O2S/c1-13-7-8-17-20-15(9-19(24)22(17)10-13)11-25-12-18(23)21-16-6-4-3-5-14(16)2/h3-10H,11-12H2,1-2H3,(H,21,23). The second-order valence-electron chi connectivity index (χ2n) is 5.88. The first-order chi connectivity index (χ1) is 12.0. The number of hydrogen-bond acceptors (Lipinski definition) is 4. The SMILES string of the molecule is Cc1ccc2nc(CSCC(=O)Nc3ccccc3C)cc(=O)n2c1. The first-order valence-electron chi connectivity index (χ1n) is 7.95. The first-order valence-corrected chi connectivity index (χ1v) is 9.10. The monoisotopic (exact) mass is 353 g/mol. The molecule has 2 aromatic heterocycles. The second-order valence-corrected chi connectivity index (χ2v) is 6.86. The minimum Gasteiger partial charge on any atom is -0.325 e. The molecule has 0 aliphatic rings. The maximum absolute atomic E-state index is 12.2. The third-order valence-electron chi connectivity index (χ3n) is 3.76. The summed E-state index contributed by atoms with van der Waals surface area (Å²) in [5.74, 6) is 0.761. The lowest BCUT2D eigenvalue weighted by molar-refractivity contribution is -0.113. The molecule has 0 aliphatic heterocycles. The average molecular weight is 353 g/mol. The van der Waals surface area contributed by atoms with Crippen molar-refractivity contribution in [2.24, 2.45) is 0 Å². The molecular weight excluding hydrogens is 334 g/mol. The van der Waals surface area contributed by atoms with Crippen LogP contribution in [0.15, 0.2) is 53.5 Å². The van der Waals surface area contributed by atoms with Crippen LogP contribution in [0.3, 0.4) is 0 Å². The zero-order chi connectivity index (χ0) is 17.8. The minimum atomic E-state index is -0.103. The molecule has 0 unspecified atom stereocenters. The Labute approximate surface area is 150 Å². The number of fused-ring (bicyclic) bond motifs is 1. The van der Waals surface area contributed by atoms with Gasteiger partial charge in [-0.15, -0.1) is 11.8 Å². The quantitative estimate of drug-likeness (QED) is 0.765. The fourth-order valence-electron chi connectivity index (χ4n) is 2.48. The van der Waals surface area contributed by atoms with Gasteiger partial charge in [0.25, 0.3) is 5.56 Å². The van der Waals surface area contributed by atoms with Crippen LogP contribution < -0.4 is 10.9 Å². The zero-order valence-electron chi connectivity index (χ0n) is 14.2. The normalized spacial score (nSPS) is 10.8. The number of amides is 1. The van der Waals surface area contributed by atoms with E-state index in [0.717, 1.165) is 16.8 Å². The Balaban J connectivity index is 1.61. The van der Waals surface area contributed by atoms with E-state index in [1.54, 1.807) is 6.20 Å². The lowest BCUT2D eigenvalue weighted by atomic mass is 10.2. The van der Waals surface area contributed by atoms with Crippen LogP contribution >= 0.6 is 11.8 Å². The van der Waals surface area contributed by atoms with E-state index in [1.807, 2.05) is 50.2 Å². The van der Waals surface area contributed by atoms with Crippen molar-refractivity contribution in [1.82, 2.24) is 9.38 Å². The van der Waals surface area contributed by atoms with Gasteiger partial charge in [0.1, 0.15) is 5.65 Å². The summed E-state index contributed by atoms with van der Waals surface area (Å²) in [6.07, 6.45) is 1.78. The van der Waals surface area contributed by atoms with Crippen molar-refractivity contribution in [2.75, 3.05) is 11.1 Å². The number of rotatable bonds is 5. The molecule has 3 aromatic rings. The Morgan fingerprint density at radius 2 is 2.00 bits per heavy atom. The van der Waals surface area contributed by atoms with Crippen LogP contribution in [0.2, 0.25) is 0 Å². The van der Waals surface area contributed by atoms with Crippen LogP contribution in [0.4, 0.5) is 5.69 Å². The van der Waals surface area contributed by atoms with Crippen LogP contribution in [-0.2, 0) is 10.5 Å². The number of nitrogens with zero attached hydrogens (tertiary/aromatic N) is 2. The van der Waals surface area contributed by atoms with Gasteiger partial charge in [-0.25, -0.2) is 4.98 Å². The highest BCUT2D eigenvalue weighted by atomic mass is 32.2. The summed E-state index contributed by atoms with van der Waals surface area (Å²) in [5, 5.41) is 2.90. The number of nitrogens with one attached hydrogen (secondary N) is 1. The Hall–Kier alpha value is -2.60. The van der Waals surface area contributed by atoms with Gasteiger partial charge in [0.15, 0.2) is 0 Å². The number of carbonyl (C=O) groups is 1. The minimum absolute atomic E-state index is 0.0626. The van der Waals surface area contributed by atoms with E-state index in [1.165, 1.54) is 22.2 Å². The van der Waals surface area contributed by atoms with Gasteiger partial charge >= 0.3 is 0 Å². The van der Waals surface area contributed by atoms with Gasteiger partial charge < -0.3 is 5.32 Å². The van der Waals surface area contributed by atoms with Crippen molar-refractivity contribution in [3.05, 3.63) is 75.8 Å². The summed E-state index contributed by atoms with van der Waals surface area (Å²) < 4.78 is 1.54. The van der Waals surface area contributed by atoms with Gasteiger partial charge in [-0.2, -0.15) is 0 Å². The number of carbonyl (C=O) groups excluding carboxylic acids is 1. The van der Waals surface area contributed by atoms with Crippen molar-refractivity contribution in [3.63, 3.8) is 0 Å². The van der Waals surface area contributed by atoms with Crippen LogP contribution in [-0.4, -0.2) is 21.0 Å². The molecule has 0 saturated carbocycles. The maximum Gasteiger partial charge on any atom is 0.258 e. The zero-order valence-corrected chi connectivity index (χ0v) is 15.0. The summed E-state index contributed by atoms with van der Waals surface area (Å²) in [6.45, 7) is 3.89. The molecule has 6 heteroatoms. The van der Waals surface area contributed by atoms with Crippen LogP contribution in [0.25, 0.3) is 5.65 Å². The molecule has 1 aromatic carbocycles. The van der Waals surface area contributed by atoms with Gasteiger partial charge in [-0.05, 0) is 37.1 Å². The summed E-state index contributed by atoms with van der Waals surface area (Å²) in [6, 6.07) is 12.9. The number of anilines is 1. The third kappa shape index (κ3) is 4.28. The molecule has 0 fully saturated rings. The Bertz CT molecular complexity index is 982. The number of hydrogen-bond donors (Lipinski definition) is 1. The van der Waals surface area contributed by atoms with E-state index in [0.29, 0.717) is 22.8 Å². The summed E-state index contributed by atoms with van der Waals surface area (Å²) in [5.41, 5.74) is 4.06. The molecule has 1 amide bonds. The summed E-state index contributed by atoms with van der Waals surface area (Å²) in [4.78, 5) is 28.7. The molecule has 0 saturated heterocycles. The van der Waals surface area contributed by atoms with Crippen molar-refractivity contribution in [2.45, 2.75) is 19.6 Å². The van der Waals surface area contributed by atoms with Gasteiger partial charge in [0, 0.05) is 23.7 Å². The highest BCUT2D eigenvalue weighted by Crippen LogP contribution is 2.15. The number of benzene rings is 1. The van der Waals surface area contributed by atoms with Crippen molar-refractivity contribution in [3.8, 4) is 0 Å². The largest absolute Gasteiger partial charge is 0.325 e. The number of para-hydroxylation sites is 1. The second kappa shape index (κ2) is 7.53. The lowest BCUT2D eigenvalue weighted by Gasteiger charge is -2.08. The lowest BCUT2D eigenvalue weighted by Crippen LogP contribution is -2.16. The van der Waals surface area contributed by atoms with E-state index in [4.69, 9.17) is 0 Å². The highest BCUT2D eigenvalue weighted by molar-refractivity contribution is 7.99. The summed E-state index contributed by atoms with van der Waals surface area (Å²) >= 11 is 1.44. The fraction of sp³-hybridized carbons (Fsp3) is 0.211. The fourth-order valence-corrected chi connectivity index (χ4v) is 3.20. The molecule has 25 heavy (non-hydrogen) atoms. The molecule has 5 nitrogen and oxygen atoms in total. The number of thioether (sulfide) groups is 1. The molecule has 0 bridgehead atoms. The van der Waals surface area contributed by atoms with E-state index >= 15 is 0 Å². The summed E-state index contributed by atoms with van der Waals surface area (Å²) in [7, 11) is 0. The number of pyridine rings is 1. The van der Waals surface area contributed by atoms with Gasteiger partial charge in [-0.3, -0.25) is 14.0 Å². The molecule has 0 atom stereocenters. The first kappa shape index (κ1) is 17.2. The highest BCUT2D eigenvalue weighted by Gasteiger charge is 2.07. The molecule has 0 spiro atoms. The van der Waals surface area contributed by atoms with E-state index in [2.05, 4.69) is 10.3 Å². The predicted molar refractivity (Wildman–Crippen MR) is 102 cm³/mol. The van der Waals surface area contributed by atoms with Crippen LogP contribution in [0.1, 0.15) is 16.8 Å². The molecule has 3 rings (SSSR count). The maximum atomic E-state index is 12.2. The molecule has 2 heterocycles. The number of aromatic nitrogens is 2. The van der Waals surface area contributed by atoms with Gasteiger partial charge in [0.05, 0.1) is 11.4 Å². The number of aryl methyl sites for hydroxylation is 2. The third-order valence-corrected chi connectivity index (χ3v) is 4.73. The van der Waals surface area contributed by atoms with Crippen LogP contribution in [0.5, 0.6) is 0 Å². The van der Waals surface area contributed by atoms with Gasteiger partial charge in [0.2, 0.25) is 5.91 Å². The molecule has 0 aliphatic carbocycles. The van der Waals surface area contributed by atoms with E-state index < -0.39 is 0 Å². The molecule has 0 radical (unpaired) electrons. The van der Waals surface area contributed by atoms with Crippen molar-refractivity contribution < 1.29 is 4.79 Å². The molecule has 1 N–H and O–H groups in total. The van der Waals surface area contributed by atoms with Crippen molar-refractivity contribution in [1.29, 1.82) is 0 Å². The van der Waals surface area contributed by atoms with Crippen molar-refractivity contribution >= 4 is 29.0 Å². The Morgan fingerprint density at radius 3 is 2.80 bits per heavy atom. The van der Waals surface area contributed by atoms with E-state index in [9.17, 15) is 9.59 Å². The predicted octanol–water partition coefficient (Wildman–Crippen LogP) is 3.18. The molecule has 128 valence electrons. The average Bonchev–Trinajstić information content (AvgIpc) is 2.58. The Morgan fingerprint density at radius 1 is 1.20 bits per heavy atom. The smallest absolute Gasteiger partial charge is 0.258 e. The van der Waals surface area contributed by atoms with Gasteiger partial charge in [-0.1, -0.05) is 24.3 Å². The molecular formula is C19H19N3O2S. The topological polar surface area (TPSA) is 63.5 Å². The Kier molecular flexibility index (Phi) is 5.19. The van der Waals surface area contributed by atoms with Crippen LogP contribution in [0, 0.1) is 13.8 Å².